The molecule has 2 amide bonds. The lowest BCUT2D eigenvalue weighted by molar-refractivity contribution is 0.0593. The maximum absolute atomic E-state index is 15.0. The second kappa shape index (κ2) is 21.7. The summed E-state index contributed by atoms with van der Waals surface area (Å²) < 4.78 is 27.4. The molecule has 394 valence electrons. The molecule has 18 nitrogen and oxygen atoms in total. The summed E-state index contributed by atoms with van der Waals surface area (Å²) in [7, 11) is 0. The third kappa shape index (κ3) is 11.3. The van der Waals surface area contributed by atoms with Gasteiger partial charge in [-0.25, -0.2) is 9.37 Å². The molecular weight excluding hydrogens is 976 g/mol. The third-order valence-corrected chi connectivity index (χ3v) is 14.8. The number of amides is 2. The van der Waals surface area contributed by atoms with Crippen molar-refractivity contribution in [2.24, 2.45) is 0 Å². The molecular formula is C58H61FN14O4. The van der Waals surface area contributed by atoms with Gasteiger partial charge in [-0.3, -0.25) is 39.4 Å². The number of hydrogen-bond donors (Lipinski definition) is 5. The summed E-state index contributed by atoms with van der Waals surface area (Å²) >= 11 is 0. The van der Waals surface area contributed by atoms with E-state index in [0.717, 1.165) is 57.8 Å². The van der Waals surface area contributed by atoms with E-state index in [1.54, 1.807) is 30.6 Å². The van der Waals surface area contributed by atoms with E-state index >= 15 is 4.39 Å². The molecule has 3 aromatic carbocycles. The molecule has 5 N–H and O–H groups in total. The van der Waals surface area contributed by atoms with Crippen molar-refractivity contribution >= 4 is 23.2 Å². The van der Waals surface area contributed by atoms with Crippen LogP contribution in [0.25, 0.3) is 22.8 Å². The first-order valence-corrected chi connectivity index (χ1v) is 26.1. The normalized spacial score (nSPS) is 16.3. The highest BCUT2D eigenvalue weighted by Gasteiger charge is 2.44. The molecule has 0 unspecified atom stereocenters. The first kappa shape index (κ1) is 50.7. The number of fused-ring (bicyclic) bond motifs is 1. The Bertz CT molecular complexity index is 3380. The molecule has 0 spiro atoms. The van der Waals surface area contributed by atoms with Gasteiger partial charge in [-0.1, -0.05) is 57.2 Å². The zero-order valence-corrected chi connectivity index (χ0v) is 43.4. The number of para-hydroxylation sites is 1. The van der Waals surface area contributed by atoms with Crippen LogP contribution in [0.1, 0.15) is 101 Å². The summed E-state index contributed by atoms with van der Waals surface area (Å²) in [6, 6.07) is 32.1. The Kier molecular flexibility index (Phi) is 14.3. The molecule has 11 rings (SSSR count). The minimum Gasteiger partial charge on any atom is -0.493 e. The molecule has 2 saturated heterocycles. The number of ether oxygens (including phenoxy) is 1. The average molecular weight is 1040 g/mol. The van der Waals surface area contributed by atoms with Gasteiger partial charge in [0.1, 0.15) is 11.3 Å². The van der Waals surface area contributed by atoms with Crippen LogP contribution in [0.15, 0.2) is 132 Å². The van der Waals surface area contributed by atoms with Crippen LogP contribution in [0.4, 0.5) is 15.8 Å². The van der Waals surface area contributed by atoms with Crippen LogP contribution in [0.5, 0.6) is 5.75 Å². The van der Waals surface area contributed by atoms with Crippen molar-refractivity contribution in [3.05, 3.63) is 179 Å². The van der Waals surface area contributed by atoms with Gasteiger partial charge in [0, 0.05) is 102 Å². The summed E-state index contributed by atoms with van der Waals surface area (Å²) in [5.74, 6) is 1.59. The molecule has 0 atom stereocenters. The van der Waals surface area contributed by atoms with Crippen molar-refractivity contribution in [2.45, 2.75) is 82.5 Å². The van der Waals surface area contributed by atoms with E-state index in [1.807, 2.05) is 78.9 Å². The molecule has 0 bridgehead atoms. The number of carbonyl (C=O) groups excluding carboxylic acids is 2. The second-order valence-electron chi connectivity index (χ2n) is 21.1. The summed E-state index contributed by atoms with van der Waals surface area (Å²) in [6.07, 6.45) is 9.43. The van der Waals surface area contributed by atoms with Crippen molar-refractivity contribution in [3.8, 4) is 28.6 Å². The number of aromatic amines is 1. The van der Waals surface area contributed by atoms with Gasteiger partial charge in [0.05, 0.1) is 42.8 Å². The van der Waals surface area contributed by atoms with Crippen molar-refractivity contribution in [1.82, 2.24) is 60.8 Å². The van der Waals surface area contributed by atoms with Crippen molar-refractivity contribution < 1.29 is 23.1 Å². The molecule has 19 heteroatoms. The van der Waals surface area contributed by atoms with Gasteiger partial charge < -0.3 is 30.4 Å². The lowest BCUT2D eigenvalue weighted by Gasteiger charge is -2.45. The number of nitrogens with one attached hydrogen (secondary N) is 5. The molecule has 0 saturated carbocycles. The number of rotatable bonds is 16. The van der Waals surface area contributed by atoms with Crippen LogP contribution in [-0.2, 0) is 36.0 Å². The fourth-order valence-corrected chi connectivity index (χ4v) is 10.4. The van der Waals surface area contributed by atoms with Crippen molar-refractivity contribution in [2.75, 3.05) is 50.1 Å². The first-order valence-electron chi connectivity index (χ1n) is 26.1. The van der Waals surface area contributed by atoms with Crippen molar-refractivity contribution in [1.29, 1.82) is 0 Å². The summed E-state index contributed by atoms with van der Waals surface area (Å²) in [4.78, 5) is 49.9. The fraction of sp³-hybridized carbons (Fsp3) is 0.328. The van der Waals surface area contributed by atoms with E-state index in [4.69, 9.17) is 19.1 Å². The Morgan fingerprint density at radius 1 is 0.727 bits per heavy atom. The highest BCUT2D eigenvalue weighted by molar-refractivity contribution is 5.95. The molecule has 0 radical (unpaired) electrons. The Hall–Kier alpha value is -8.42. The van der Waals surface area contributed by atoms with Crippen molar-refractivity contribution in [3.63, 3.8) is 0 Å². The molecule has 3 aliphatic heterocycles. The quantitative estimate of drug-likeness (QED) is 0.0614. The molecule has 8 aromatic rings. The van der Waals surface area contributed by atoms with E-state index in [9.17, 15) is 9.59 Å². The number of nitrogens with zero attached hydrogens (tertiary/aromatic N) is 9. The minimum absolute atomic E-state index is 0.114. The number of carbonyl (C=O) groups is 2. The van der Waals surface area contributed by atoms with Gasteiger partial charge in [0.2, 0.25) is 11.8 Å². The summed E-state index contributed by atoms with van der Waals surface area (Å²) in [5.41, 5.74) is 5.76. The van der Waals surface area contributed by atoms with Crippen LogP contribution in [0, 0.1) is 5.82 Å². The lowest BCUT2D eigenvalue weighted by atomic mass is 9.85. The zero-order valence-electron chi connectivity index (χ0n) is 43.4. The average Bonchev–Trinajstić information content (AvgIpc) is 4.30. The van der Waals surface area contributed by atoms with Gasteiger partial charge in [-0.05, 0) is 98.0 Å². The van der Waals surface area contributed by atoms with Crippen LogP contribution in [0.2, 0.25) is 0 Å². The maximum atomic E-state index is 15.0. The number of halogens is 1. The minimum atomic E-state index is -0.748. The highest BCUT2D eigenvalue weighted by Crippen LogP contribution is 2.40. The monoisotopic (exact) mass is 1040 g/mol. The first-order chi connectivity index (χ1) is 37.4. The Balaban J connectivity index is 0.784. The molecule has 2 fully saturated rings. The van der Waals surface area contributed by atoms with E-state index in [0.29, 0.717) is 107 Å². The van der Waals surface area contributed by atoms with Crippen LogP contribution in [-0.4, -0.2) is 101 Å². The number of likely N-dealkylation sites (tertiary alicyclic amines) is 2. The Morgan fingerprint density at radius 2 is 1.38 bits per heavy atom. The topological polar surface area (TPSA) is 217 Å². The summed E-state index contributed by atoms with van der Waals surface area (Å²) in [6.45, 7) is 11.1. The smallest absolute Gasteiger partial charge is 0.251 e. The largest absolute Gasteiger partial charge is 0.493 e. The number of pyridine rings is 3. The number of piperidine rings is 2. The number of anilines is 2. The van der Waals surface area contributed by atoms with Gasteiger partial charge in [-0.15, -0.1) is 10.2 Å². The van der Waals surface area contributed by atoms with E-state index < -0.39 is 16.9 Å². The number of benzene rings is 3. The van der Waals surface area contributed by atoms with Gasteiger partial charge >= 0.3 is 0 Å². The predicted molar refractivity (Wildman–Crippen MR) is 288 cm³/mol. The third-order valence-electron chi connectivity index (χ3n) is 14.8. The van der Waals surface area contributed by atoms with E-state index in [-0.39, 0.29) is 28.6 Å². The van der Waals surface area contributed by atoms with Crippen LogP contribution >= 0.6 is 0 Å². The lowest BCUT2D eigenvalue weighted by Crippen LogP contribution is -2.53. The predicted octanol–water partition coefficient (Wildman–Crippen LogP) is 8.40. The van der Waals surface area contributed by atoms with Gasteiger partial charge in [0.25, 0.3) is 11.8 Å². The molecule has 0 aliphatic carbocycles. The zero-order chi connectivity index (χ0) is 53.0. The fourth-order valence-electron chi connectivity index (χ4n) is 10.4. The molecule has 8 heterocycles. The van der Waals surface area contributed by atoms with Crippen LogP contribution in [0.3, 0.4) is 0 Å². The Labute approximate surface area is 445 Å². The number of hydrogen-bond acceptors (Lipinski definition) is 15. The second-order valence-corrected chi connectivity index (χ2v) is 21.1. The summed E-state index contributed by atoms with van der Waals surface area (Å²) in [5, 5.41) is 30.4. The van der Waals surface area contributed by atoms with Gasteiger partial charge in [0.15, 0.2) is 17.5 Å². The van der Waals surface area contributed by atoms with Gasteiger partial charge in [-0.2, -0.15) is 5.10 Å². The number of aromatic nitrogens is 8. The SMILES string of the molecule is CC(C)(C)c1cccc(CNC(=O)c2cccc(NC3(c4nnc(-c5ccncc5)o4)CCN(CN4CCC(Nc5cccc(C(=O)NCc6cccc7c6OCC7)c5)(c5nc(-c6ccncc6F)n[nH]5)CC4)CC3)c2)n1. The van der Waals surface area contributed by atoms with E-state index in [2.05, 4.69) is 88.3 Å². The van der Waals surface area contributed by atoms with Crippen LogP contribution < -0.4 is 26.0 Å². The van der Waals surface area contributed by atoms with E-state index in [1.165, 1.54) is 6.20 Å². The molecule has 3 aliphatic rings. The number of H-pyrrole nitrogens is 1. The molecule has 77 heavy (non-hydrogen) atoms. The molecule has 5 aromatic heterocycles. The standard InChI is InChI=1S/C58H61FN14O4/c1-56(2,3)48-15-7-14-45(64-48)35-63-52(75)41-10-6-13-44(33-41)67-58(55-71-69-53(77-55)39-16-24-60-25-17-39)22-29-73(30-23-58)37-72-27-20-57(21-28-72,54-65-50(68-70-54)46-18-26-61-36-47(46)59)66-43-12-5-9-40(32-43)51(74)62-34-42-11-4-8-38-19-31-76-49(38)42/h4-18,24-26,32-33,36,66-67H,19-23,27-31,34-35,37H2,1-3H3,(H,62,74)(H,63,75)(H,65,68,70). The maximum Gasteiger partial charge on any atom is 0.251 e. The highest BCUT2D eigenvalue weighted by atomic mass is 19.1. The Morgan fingerprint density at radius 3 is 2.08 bits per heavy atom.